The lowest BCUT2D eigenvalue weighted by molar-refractivity contribution is -0.114. The van der Waals surface area contributed by atoms with E-state index < -0.39 is 0 Å². The van der Waals surface area contributed by atoms with Crippen molar-refractivity contribution in [3.05, 3.63) is 64.5 Å². The molecule has 3 rings (SSSR count). The number of benzene rings is 1. The first-order valence-corrected chi connectivity index (χ1v) is 9.59. The summed E-state index contributed by atoms with van der Waals surface area (Å²) in [5.74, 6) is 0.328. The van der Waals surface area contributed by atoms with E-state index in [1.807, 2.05) is 31.2 Å². The molecule has 1 aromatic carbocycles. The molecule has 1 amide bonds. The van der Waals surface area contributed by atoms with E-state index in [-0.39, 0.29) is 5.91 Å². The number of nitrogens with one attached hydrogen (secondary N) is 2. The normalized spacial score (nSPS) is 10.5. The second-order valence-corrected chi connectivity index (χ2v) is 7.36. The predicted molar refractivity (Wildman–Crippen MR) is 112 cm³/mol. The van der Waals surface area contributed by atoms with Crippen molar-refractivity contribution in [3.8, 4) is 11.1 Å². The van der Waals surface area contributed by atoms with Gasteiger partial charge >= 0.3 is 0 Å². The number of anilines is 2. The number of pyridine rings is 2. The molecule has 8 heteroatoms. The van der Waals surface area contributed by atoms with E-state index in [9.17, 15) is 4.79 Å². The van der Waals surface area contributed by atoms with Gasteiger partial charge in [0.2, 0.25) is 5.91 Å². The summed E-state index contributed by atoms with van der Waals surface area (Å²) < 4.78 is 3.28. The van der Waals surface area contributed by atoms with Gasteiger partial charge in [0.1, 0.15) is 5.82 Å². The van der Waals surface area contributed by atoms with Crippen LogP contribution in [-0.2, 0) is 4.79 Å². The number of hydrogen-bond donors (Lipinski definition) is 2. The van der Waals surface area contributed by atoms with Crippen LogP contribution < -0.4 is 10.0 Å². The van der Waals surface area contributed by atoms with Crippen LogP contribution >= 0.6 is 35.1 Å². The van der Waals surface area contributed by atoms with E-state index in [0.29, 0.717) is 15.9 Å². The van der Waals surface area contributed by atoms with Gasteiger partial charge in [-0.25, -0.2) is 4.98 Å². The van der Waals surface area contributed by atoms with Gasteiger partial charge in [0.25, 0.3) is 0 Å². The number of carbonyl (C=O) groups excluding carboxylic acids is 1. The van der Waals surface area contributed by atoms with Crippen molar-refractivity contribution in [1.29, 1.82) is 0 Å². The summed E-state index contributed by atoms with van der Waals surface area (Å²) in [6.45, 7) is 3.36. The van der Waals surface area contributed by atoms with E-state index >= 15 is 0 Å². The third kappa shape index (κ3) is 4.91. The van der Waals surface area contributed by atoms with Gasteiger partial charge in [0, 0.05) is 29.8 Å². The summed E-state index contributed by atoms with van der Waals surface area (Å²) in [7, 11) is 0. The molecule has 0 fully saturated rings. The number of amides is 1. The Morgan fingerprint density at radius 1 is 1.11 bits per heavy atom. The van der Waals surface area contributed by atoms with Gasteiger partial charge in [0.05, 0.1) is 21.4 Å². The minimum atomic E-state index is -0.168. The van der Waals surface area contributed by atoms with Gasteiger partial charge in [-0.1, -0.05) is 29.3 Å². The van der Waals surface area contributed by atoms with Crippen molar-refractivity contribution in [2.24, 2.45) is 0 Å². The highest BCUT2D eigenvalue weighted by atomic mass is 35.5. The number of aromatic nitrogens is 2. The quantitative estimate of drug-likeness (QED) is 0.509. The van der Waals surface area contributed by atoms with Gasteiger partial charge in [0.15, 0.2) is 0 Å². The first kappa shape index (κ1) is 19.5. The molecule has 0 aliphatic carbocycles. The summed E-state index contributed by atoms with van der Waals surface area (Å²) in [4.78, 5) is 20.7. The minimum absolute atomic E-state index is 0.168. The van der Waals surface area contributed by atoms with Gasteiger partial charge in [-0.15, -0.1) is 0 Å². The Labute approximate surface area is 171 Å². The zero-order valence-corrected chi connectivity index (χ0v) is 16.9. The molecule has 3 aromatic rings. The molecule has 2 heterocycles. The van der Waals surface area contributed by atoms with Crippen LogP contribution in [0.3, 0.4) is 0 Å². The monoisotopic (exact) mass is 418 g/mol. The second kappa shape index (κ2) is 8.61. The number of hydrogen-bond acceptors (Lipinski definition) is 5. The van der Waals surface area contributed by atoms with Crippen LogP contribution in [0, 0.1) is 6.92 Å². The molecule has 27 heavy (non-hydrogen) atoms. The number of rotatable bonds is 5. The Morgan fingerprint density at radius 3 is 2.70 bits per heavy atom. The fourth-order valence-electron chi connectivity index (χ4n) is 2.33. The summed E-state index contributed by atoms with van der Waals surface area (Å²) >= 11 is 13.7. The number of halogens is 2. The SMILES string of the molecule is CC(=O)Nc1cc(-c2cnc(C)c(NSc3cccc(Cl)c3Cl)c2)ccn1. The highest BCUT2D eigenvalue weighted by Gasteiger charge is 2.09. The van der Waals surface area contributed by atoms with E-state index in [0.717, 1.165) is 27.4 Å². The summed E-state index contributed by atoms with van der Waals surface area (Å²) in [6, 6.07) is 11.1. The highest BCUT2D eigenvalue weighted by molar-refractivity contribution is 8.00. The average molecular weight is 419 g/mol. The third-order valence-corrected chi connectivity index (χ3v) is 5.48. The Balaban J connectivity index is 1.84. The Bertz CT molecular complexity index is 997. The van der Waals surface area contributed by atoms with Gasteiger partial charge in [-0.05, 0) is 54.8 Å². The Kier molecular flexibility index (Phi) is 6.21. The highest BCUT2D eigenvalue weighted by Crippen LogP contribution is 2.34. The molecule has 0 atom stereocenters. The van der Waals surface area contributed by atoms with Gasteiger partial charge in [-0.2, -0.15) is 0 Å². The lowest BCUT2D eigenvalue weighted by Gasteiger charge is -2.12. The molecule has 138 valence electrons. The maximum absolute atomic E-state index is 11.2. The predicted octanol–water partition coefficient (Wildman–Crippen LogP) is 5.84. The fraction of sp³-hybridized carbons (Fsp3) is 0.105. The van der Waals surface area contributed by atoms with E-state index in [1.165, 1.54) is 18.9 Å². The maximum atomic E-state index is 11.2. The molecule has 0 spiro atoms. The maximum Gasteiger partial charge on any atom is 0.222 e. The molecular weight excluding hydrogens is 403 g/mol. The third-order valence-electron chi connectivity index (χ3n) is 3.67. The standard InChI is InChI=1S/C19H16Cl2N4OS/c1-11-16(25-27-17-5-3-4-15(20)19(17)21)8-14(10-23-11)13-6-7-22-18(9-13)24-12(2)26/h3-10,25H,1-2H3,(H,22,24,26). The first-order chi connectivity index (χ1) is 12.9. The molecule has 0 unspecified atom stereocenters. The van der Waals surface area contributed by atoms with Crippen LogP contribution in [0.5, 0.6) is 0 Å². The first-order valence-electron chi connectivity index (χ1n) is 8.01. The van der Waals surface area contributed by atoms with E-state index in [2.05, 4.69) is 20.0 Å². The molecule has 5 nitrogen and oxygen atoms in total. The minimum Gasteiger partial charge on any atom is -0.324 e. The molecule has 0 radical (unpaired) electrons. The van der Waals surface area contributed by atoms with Crippen molar-refractivity contribution in [2.75, 3.05) is 10.0 Å². The lowest BCUT2D eigenvalue weighted by atomic mass is 10.1. The average Bonchev–Trinajstić information content (AvgIpc) is 2.64. The summed E-state index contributed by atoms with van der Waals surface area (Å²) in [6.07, 6.45) is 3.43. The summed E-state index contributed by atoms with van der Waals surface area (Å²) in [5.41, 5.74) is 3.50. The van der Waals surface area contributed by atoms with Crippen LogP contribution in [0.15, 0.2) is 53.7 Å². The Hall–Kier alpha value is -2.28. The van der Waals surface area contributed by atoms with Crippen molar-refractivity contribution in [3.63, 3.8) is 0 Å². The summed E-state index contributed by atoms with van der Waals surface area (Å²) in [5, 5.41) is 3.70. The van der Waals surface area contributed by atoms with Gasteiger partial charge in [-0.3, -0.25) is 9.78 Å². The van der Waals surface area contributed by atoms with E-state index in [1.54, 1.807) is 24.5 Å². The topological polar surface area (TPSA) is 66.9 Å². The van der Waals surface area contributed by atoms with Gasteiger partial charge < -0.3 is 10.0 Å². The molecule has 0 bridgehead atoms. The smallest absolute Gasteiger partial charge is 0.222 e. The van der Waals surface area contributed by atoms with Crippen LogP contribution in [0.1, 0.15) is 12.6 Å². The molecule has 0 aliphatic rings. The van der Waals surface area contributed by atoms with Crippen molar-refractivity contribution in [2.45, 2.75) is 18.7 Å². The lowest BCUT2D eigenvalue weighted by Crippen LogP contribution is -2.07. The van der Waals surface area contributed by atoms with Crippen LogP contribution in [-0.4, -0.2) is 15.9 Å². The fourth-order valence-corrected chi connectivity index (χ4v) is 3.57. The molecule has 0 saturated heterocycles. The number of nitrogens with zero attached hydrogens (tertiary/aromatic N) is 2. The molecular formula is C19H16Cl2N4OS. The van der Waals surface area contributed by atoms with Crippen molar-refractivity contribution >= 4 is 52.6 Å². The number of aryl methyl sites for hydroxylation is 1. The second-order valence-electron chi connectivity index (χ2n) is 5.72. The van der Waals surface area contributed by atoms with Crippen LogP contribution in [0.2, 0.25) is 10.0 Å². The molecule has 2 N–H and O–H groups in total. The zero-order valence-electron chi connectivity index (χ0n) is 14.6. The molecule has 2 aromatic heterocycles. The molecule has 0 saturated carbocycles. The van der Waals surface area contributed by atoms with Crippen molar-refractivity contribution in [1.82, 2.24) is 9.97 Å². The molecule has 0 aliphatic heterocycles. The van der Waals surface area contributed by atoms with Crippen LogP contribution in [0.4, 0.5) is 11.5 Å². The Morgan fingerprint density at radius 2 is 1.93 bits per heavy atom. The number of carbonyl (C=O) groups is 1. The largest absolute Gasteiger partial charge is 0.324 e. The zero-order chi connectivity index (χ0) is 19.4. The van der Waals surface area contributed by atoms with Crippen LogP contribution in [0.25, 0.3) is 11.1 Å². The van der Waals surface area contributed by atoms with E-state index in [4.69, 9.17) is 23.2 Å². The van der Waals surface area contributed by atoms with Crippen molar-refractivity contribution < 1.29 is 4.79 Å².